The summed E-state index contributed by atoms with van der Waals surface area (Å²) < 4.78 is 28.5. The molecule has 0 radical (unpaired) electrons. The number of sulfone groups is 1. The van der Waals surface area contributed by atoms with Crippen molar-refractivity contribution in [3.63, 3.8) is 0 Å². The molecule has 4 nitrogen and oxygen atoms in total. The quantitative estimate of drug-likeness (QED) is 0.777. The van der Waals surface area contributed by atoms with Gasteiger partial charge in [-0.3, -0.25) is 0 Å². The van der Waals surface area contributed by atoms with Crippen LogP contribution in [-0.2, 0) is 14.6 Å². The van der Waals surface area contributed by atoms with Gasteiger partial charge < -0.3 is 10.1 Å². The molecule has 1 heterocycles. The van der Waals surface area contributed by atoms with Crippen molar-refractivity contribution in [2.45, 2.75) is 12.3 Å². The molecule has 2 rings (SSSR count). The van der Waals surface area contributed by atoms with E-state index in [4.69, 9.17) is 16.3 Å². The van der Waals surface area contributed by atoms with Gasteiger partial charge in [-0.1, -0.05) is 23.7 Å². The zero-order valence-electron chi connectivity index (χ0n) is 12.2. The van der Waals surface area contributed by atoms with E-state index in [-0.39, 0.29) is 17.6 Å². The van der Waals surface area contributed by atoms with Crippen LogP contribution in [0.15, 0.2) is 24.3 Å². The minimum Gasteiger partial charge on any atom is -0.383 e. The molecule has 21 heavy (non-hydrogen) atoms. The zero-order valence-corrected chi connectivity index (χ0v) is 13.8. The molecule has 1 N–H and O–H groups in total. The Bertz CT molecular complexity index is 545. The first-order valence-electron chi connectivity index (χ1n) is 7.17. The smallest absolute Gasteiger partial charge is 0.150 e. The minimum atomic E-state index is -2.87. The maximum Gasteiger partial charge on any atom is 0.150 e. The molecule has 0 aliphatic carbocycles. The lowest BCUT2D eigenvalue weighted by molar-refractivity contribution is 0.198. The van der Waals surface area contributed by atoms with Crippen molar-refractivity contribution in [1.82, 2.24) is 5.32 Å². The molecule has 0 bridgehead atoms. The van der Waals surface area contributed by atoms with Crippen molar-refractivity contribution in [1.29, 1.82) is 0 Å². The largest absolute Gasteiger partial charge is 0.383 e. The third kappa shape index (κ3) is 4.95. The number of methoxy groups -OCH3 is 1. The summed E-state index contributed by atoms with van der Waals surface area (Å²) in [6, 6.07) is 7.72. The predicted octanol–water partition coefficient (Wildman–Crippen LogP) is 2.09. The van der Waals surface area contributed by atoms with Crippen LogP contribution in [0, 0.1) is 5.92 Å². The van der Waals surface area contributed by atoms with Crippen molar-refractivity contribution in [2.24, 2.45) is 5.92 Å². The predicted molar refractivity (Wildman–Crippen MR) is 85.7 cm³/mol. The lowest BCUT2D eigenvalue weighted by Crippen LogP contribution is -2.29. The minimum absolute atomic E-state index is 0.172. The van der Waals surface area contributed by atoms with Crippen LogP contribution in [0.3, 0.4) is 0 Å². The van der Waals surface area contributed by atoms with Gasteiger partial charge in [0.1, 0.15) is 0 Å². The SMILES string of the molecule is COCCNCC(c1ccc(Cl)cc1)C1CCS(=O)(=O)C1. The molecule has 1 fully saturated rings. The summed E-state index contributed by atoms with van der Waals surface area (Å²) in [5.41, 5.74) is 1.14. The van der Waals surface area contributed by atoms with E-state index < -0.39 is 9.84 Å². The Morgan fingerprint density at radius 1 is 1.38 bits per heavy atom. The summed E-state index contributed by atoms with van der Waals surface area (Å²) in [7, 11) is -1.20. The van der Waals surface area contributed by atoms with Crippen LogP contribution < -0.4 is 5.32 Å². The molecule has 2 atom stereocenters. The Hall–Kier alpha value is -0.620. The van der Waals surface area contributed by atoms with Crippen molar-refractivity contribution in [3.05, 3.63) is 34.9 Å². The summed E-state index contributed by atoms with van der Waals surface area (Å²) in [4.78, 5) is 0. The third-order valence-corrected chi connectivity index (χ3v) is 6.03. The van der Waals surface area contributed by atoms with Crippen LogP contribution in [0.5, 0.6) is 0 Å². The van der Waals surface area contributed by atoms with E-state index in [0.717, 1.165) is 25.1 Å². The summed E-state index contributed by atoms with van der Waals surface area (Å²) in [5, 5.41) is 4.05. The van der Waals surface area contributed by atoms with Crippen molar-refractivity contribution >= 4 is 21.4 Å². The van der Waals surface area contributed by atoms with Crippen LogP contribution >= 0.6 is 11.6 Å². The number of hydrogen-bond acceptors (Lipinski definition) is 4. The van der Waals surface area contributed by atoms with Crippen molar-refractivity contribution < 1.29 is 13.2 Å². The normalized spacial score (nSPS) is 22.3. The molecule has 0 amide bonds. The van der Waals surface area contributed by atoms with Gasteiger partial charge in [-0.2, -0.15) is 0 Å². The van der Waals surface area contributed by atoms with Gasteiger partial charge in [0.05, 0.1) is 18.1 Å². The molecule has 1 aromatic rings. The fourth-order valence-electron chi connectivity index (χ4n) is 2.84. The number of ether oxygens (including phenoxy) is 1. The van der Waals surface area contributed by atoms with E-state index in [0.29, 0.717) is 17.4 Å². The van der Waals surface area contributed by atoms with E-state index in [1.54, 1.807) is 7.11 Å². The molecule has 0 aromatic heterocycles. The Balaban J connectivity index is 2.08. The first-order valence-corrected chi connectivity index (χ1v) is 9.37. The lowest BCUT2D eigenvalue weighted by Gasteiger charge is -2.23. The molecule has 1 aliphatic heterocycles. The number of rotatable bonds is 7. The molecule has 2 unspecified atom stereocenters. The first-order chi connectivity index (χ1) is 10.0. The van der Waals surface area contributed by atoms with Gasteiger partial charge in [0.2, 0.25) is 0 Å². The molecule has 118 valence electrons. The van der Waals surface area contributed by atoms with Gasteiger partial charge in [0, 0.05) is 31.1 Å². The summed E-state index contributed by atoms with van der Waals surface area (Å²) in [5.74, 6) is 0.953. The first kappa shape index (κ1) is 16.7. The molecular weight excluding hydrogens is 310 g/mol. The maximum absolute atomic E-state index is 11.7. The summed E-state index contributed by atoms with van der Waals surface area (Å²) >= 11 is 5.94. The summed E-state index contributed by atoms with van der Waals surface area (Å²) in [6.45, 7) is 2.17. The van der Waals surface area contributed by atoms with Crippen LogP contribution in [-0.4, -0.2) is 46.7 Å². The van der Waals surface area contributed by atoms with Crippen molar-refractivity contribution in [3.8, 4) is 0 Å². The van der Waals surface area contributed by atoms with Crippen LogP contribution in [0.2, 0.25) is 5.02 Å². The van der Waals surface area contributed by atoms with Gasteiger partial charge in [-0.25, -0.2) is 8.42 Å². The number of nitrogens with one attached hydrogen (secondary N) is 1. The summed E-state index contributed by atoms with van der Waals surface area (Å²) in [6.07, 6.45) is 0.738. The fraction of sp³-hybridized carbons (Fsp3) is 0.600. The maximum atomic E-state index is 11.7. The molecule has 1 saturated heterocycles. The molecule has 0 saturated carbocycles. The van der Waals surface area contributed by atoms with E-state index in [1.807, 2.05) is 24.3 Å². The lowest BCUT2D eigenvalue weighted by atomic mass is 9.85. The monoisotopic (exact) mass is 331 g/mol. The van der Waals surface area contributed by atoms with Gasteiger partial charge in [-0.15, -0.1) is 0 Å². The van der Waals surface area contributed by atoms with E-state index in [2.05, 4.69) is 5.32 Å². The average Bonchev–Trinajstić information content (AvgIpc) is 2.80. The third-order valence-electron chi connectivity index (χ3n) is 3.98. The van der Waals surface area contributed by atoms with Gasteiger partial charge in [0.15, 0.2) is 9.84 Å². The van der Waals surface area contributed by atoms with Crippen LogP contribution in [0.25, 0.3) is 0 Å². The van der Waals surface area contributed by atoms with Gasteiger partial charge in [0.25, 0.3) is 0 Å². The highest BCUT2D eigenvalue weighted by atomic mass is 35.5. The Kier molecular flexibility index (Phi) is 6.05. The second-order valence-electron chi connectivity index (χ2n) is 5.52. The molecule has 6 heteroatoms. The Labute approximate surface area is 131 Å². The number of halogens is 1. The zero-order chi connectivity index (χ0) is 15.3. The second kappa shape index (κ2) is 7.58. The van der Waals surface area contributed by atoms with E-state index in [1.165, 1.54) is 0 Å². The second-order valence-corrected chi connectivity index (χ2v) is 8.18. The van der Waals surface area contributed by atoms with Gasteiger partial charge in [-0.05, 0) is 30.0 Å². The molecule has 1 aliphatic rings. The standard InChI is InChI=1S/C15H22ClNO3S/c1-20-8-7-17-10-15(12-2-4-14(16)5-3-12)13-6-9-21(18,19)11-13/h2-5,13,15,17H,6-11H2,1H3. The number of hydrogen-bond donors (Lipinski definition) is 1. The highest BCUT2D eigenvalue weighted by Crippen LogP contribution is 2.33. The fourth-order valence-corrected chi connectivity index (χ4v) is 4.85. The molecule has 1 aromatic carbocycles. The van der Waals surface area contributed by atoms with Gasteiger partial charge >= 0.3 is 0 Å². The topological polar surface area (TPSA) is 55.4 Å². The van der Waals surface area contributed by atoms with Crippen LogP contribution in [0.1, 0.15) is 17.9 Å². The number of benzene rings is 1. The van der Waals surface area contributed by atoms with Crippen molar-refractivity contribution in [2.75, 3.05) is 38.3 Å². The highest BCUT2D eigenvalue weighted by molar-refractivity contribution is 7.91. The highest BCUT2D eigenvalue weighted by Gasteiger charge is 2.34. The Morgan fingerprint density at radius 3 is 2.67 bits per heavy atom. The molecule has 0 spiro atoms. The average molecular weight is 332 g/mol. The van der Waals surface area contributed by atoms with Crippen LogP contribution in [0.4, 0.5) is 0 Å². The van der Waals surface area contributed by atoms with E-state index in [9.17, 15) is 8.42 Å². The van der Waals surface area contributed by atoms with E-state index >= 15 is 0 Å². The Morgan fingerprint density at radius 2 is 2.10 bits per heavy atom. The molecular formula is C15H22ClNO3S.